The van der Waals surface area contributed by atoms with Gasteiger partial charge in [0.1, 0.15) is 21.3 Å². The van der Waals surface area contributed by atoms with E-state index < -0.39 is 111 Å². The number of hydrogen-bond donors (Lipinski definition) is 6. The standard InChI is InChI=1S/C35H22O17S4/c36-29-7-1-17(13-27(29)34(39)21-9-19-11-23(53(41,42)43)3-5-25(19)31(15-21)55(47,48)49)33(38)18-2-8-30(37)28(14-18)35(40)22-10-20-12-24(54(44,45)46)4-6-26(20)32(16-22)56(50,51)52/h1-16,36-37H,(H,41,42,43)(H,44,45,46)(H,47,48,49)(H,50,51,52). The van der Waals surface area contributed by atoms with Crippen molar-refractivity contribution in [2.75, 3.05) is 0 Å². The van der Waals surface area contributed by atoms with Crippen LogP contribution in [0.3, 0.4) is 0 Å². The smallest absolute Gasteiger partial charge is 0.295 e. The maximum Gasteiger partial charge on any atom is 0.295 e. The summed E-state index contributed by atoms with van der Waals surface area (Å²) >= 11 is 0. The van der Waals surface area contributed by atoms with Crippen LogP contribution in [0.4, 0.5) is 0 Å². The molecule has 0 aliphatic heterocycles. The summed E-state index contributed by atoms with van der Waals surface area (Å²) in [6.45, 7) is 0. The Morgan fingerprint density at radius 2 is 0.732 bits per heavy atom. The Hall–Kier alpha value is -5.91. The van der Waals surface area contributed by atoms with Crippen LogP contribution in [0.5, 0.6) is 11.5 Å². The summed E-state index contributed by atoms with van der Waals surface area (Å²) in [5, 5.41) is 20.3. The molecular formula is C35H22O17S4. The van der Waals surface area contributed by atoms with Crippen molar-refractivity contribution in [3.8, 4) is 11.5 Å². The maximum atomic E-state index is 13.7. The quantitative estimate of drug-likeness (QED) is 0.0836. The monoisotopic (exact) mass is 842 g/mol. The molecule has 0 heterocycles. The van der Waals surface area contributed by atoms with Gasteiger partial charge in [-0.25, -0.2) is 0 Å². The molecule has 0 aliphatic carbocycles. The van der Waals surface area contributed by atoms with Crippen molar-refractivity contribution in [3.63, 3.8) is 0 Å². The number of phenolic OH excluding ortho intramolecular Hbond substituents is 2. The van der Waals surface area contributed by atoms with Crippen molar-refractivity contribution in [2.45, 2.75) is 19.6 Å². The van der Waals surface area contributed by atoms with Crippen LogP contribution < -0.4 is 0 Å². The average Bonchev–Trinajstić information content (AvgIpc) is 3.11. The Morgan fingerprint density at radius 1 is 0.375 bits per heavy atom. The fraction of sp³-hybridized carbons (Fsp3) is 0. The van der Waals surface area contributed by atoms with E-state index in [0.717, 1.165) is 97.1 Å². The third-order valence-electron chi connectivity index (χ3n) is 8.45. The van der Waals surface area contributed by atoms with Gasteiger partial charge in [-0.2, -0.15) is 33.7 Å². The number of phenols is 2. The summed E-state index contributed by atoms with van der Waals surface area (Å²) in [7, 11) is -19.7. The van der Waals surface area contributed by atoms with E-state index in [-0.39, 0.29) is 32.7 Å². The van der Waals surface area contributed by atoms with Gasteiger partial charge in [-0.3, -0.25) is 32.6 Å². The van der Waals surface area contributed by atoms with Crippen LogP contribution in [0.2, 0.25) is 0 Å². The average molecular weight is 843 g/mol. The minimum Gasteiger partial charge on any atom is -0.507 e. The van der Waals surface area contributed by atoms with Gasteiger partial charge in [0.05, 0.1) is 20.9 Å². The van der Waals surface area contributed by atoms with Gasteiger partial charge in [-0.1, -0.05) is 12.1 Å². The lowest BCUT2D eigenvalue weighted by atomic mass is 9.93. The Kier molecular flexibility index (Phi) is 9.72. The molecular weight excluding hydrogens is 821 g/mol. The molecule has 0 radical (unpaired) electrons. The molecule has 6 aromatic carbocycles. The van der Waals surface area contributed by atoms with Crippen LogP contribution in [0.15, 0.2) is 117 Å². The Labute approximate surface area is 316 Å². The van der Waals surface area contributed by atoms with Crippen molar-refractivity contribution < 1.29 is 76.5 Å². The summed E-state index contributed by atoms with van der Waals surface area (Å²) in [6.07, 6.45) is 0. The molecule has 17 nitrogen and oxygen atoms in total. The molecule has 288 valence electrons. The molecule has 6 N–H and O–H groups in total. The molecule has 0 saturated carbocycles. The molecule has 0 unspecified atom stereocenters. The van der Waals surface area contributed by atoms with Gasteiger partial charge in [0.15, 0.2) is 17.3 Å². The van der Waals surface area contributed by atoms with Crippen LogP contribution in [-0.4, -0.2) is 79.4 Å². The van der Waals surface area contributed by atoms with E-state index in [9.17, 15) is 76.5 Å². The summed E-state index contributed by atoms with van der Waals surface area (Å²) in [6, 6.07) is 14.6. The molecule has 0 saturated heterocycles. The second kappa shape index (κ2) is 13.7. The number of fused-ring (bicyclic) bond motifs is 2. The molecule has 0 aromatic heterocycles. The largest absolute Gasteiger partial charge is 0.507 e. The van der Waals surface area contributed by atoms with Crippen molar-refractivity contribution in [2.24, 2.45) is 0 Å². The van der Waals surface area contributed by atoms with Crippen LogP contribution in [0.25, 0.3) is 21.5 Å². The van der Waals surface area contributed by atoms with Crippen molar-refractivity contribution in [1.82, 2.24) is 0 Å². The lowest BCUT2D eigenvalue weighted by molar-refractivity contribution is 0.102. The Bertz CT molecular complexity index is 2990. The van der Waals surface area contributed by atoms with Crippen LogP contribution >= 0.6 is 0 Å². The summed E-state index contributed by atoms with van der Waals surface area (Å²) < 4.78 is 134. The van der Waals surface area contributed by atoms with Crippen LogP contribution in [0.1, 0.15) is 47.8 Å². The number of rotatable bonds is 10. The van der Waals surface area contributed by atoms with Crippen LogP contribution in [0, 0.1) is 0 Å². The third kappa shape index (κ3) is 7.65. The molecule has 0 fully saturated rings. The molecule has 56 heavy (non-hydrogen) atoms. The zero-order valence-corrected chi connectivity index (χ0v) is 30.8. The first-order valence-corrected chi connectivity index (χ1v) is 21.0. The second-order valence-electron chi connectivity index (χ2n) is 12.1. The minimum absolute atomic E-state index is 0.233. The van der Waals surface area contributed by atoms with Crippen molar-refractivity contribution in [1.29, 1.82) is 0 Å². The van der Waals surface area contributed by atoms with E-state index in [1.807, 2.05) is 0 Å². The highest BCUT2D eigenvalue weighted by atomic mass is 32.2. The van der Waals surface area contributed by atoms with Gasteiger partial charge in [0, 0.05) is 33.0 Å². The number of carbonyl (C=O) groups is 3. The SMILES string of the molecule is O=C(c1ccc(O)c(C(=O)c2cc(S(=O)(=O)O)c3ccc(S(=O)(=O)O)cc3c2)c1)c1ccc(O)c(C(=O)c2cc(S(=O)(=O)O)c3ccc(S(=O)(=O)O)cc3c2)c1. The highest BCUT2D eigenvalue weighted by Crippen LogP contribution is 2.33. The number of hydrogen-bond acceptors (Lipinski definition) is 13. The highest BCUT2D eigenvalue weighted by Gasteiger charge is 2.26. The molecule has 6 aromatic rings. The normalized spacial score (nSPS) is 12.5. The predicted octanol–water partition coefficient (Wildman–Crippen LogP) is 4.08. The van der Waals surface area contributed by atoms with Gasteiger partial charge < -0.3 is 10.2 Å². The summed E-state index contributed by atoms with van der Waals surface area (Å²) in [5.41, 5.74) is -2.82. The first kappa shape index (κ1) is 39.8. The molecule has 0 amide bonds. The fourth-order valence-corrected chi connectivity index (χ4v) is 8.34. The number of benzene rings is 6. The number of carbonyl (C=O) groups excluding carboxylic acids is 3. The van der Waals surface area contributed by atoms with E-state index in [1.54, 1.807) is 0 Å². The lowest BCUT2D eigenvalue weighted by Crippen LogP contribution is -2.10. The topological polar surface area (TPSA) is 309 Å². The van der Waals surface area contributed by atoms with Gasteiger partial charge in [0.25, 0.3) is 40.5 Å². The zero-order chi connectivity index (χ0) is 41.3. The molecule has 0 aliphatic rings. The Balaban J connectivity index is 1.42. The van der Waals surface area contributed by atoms with Gasteiger partial charge in [-0.15, -0.1) is 0 Å². The molecule has 0 bridgehead atoms. The summed E-state index contributed by atoms with van der Waals surface area (Å²) in [5.74, 6) is -4.58. The van der Waals surface area contributed by atoms with Crippen LogP contribution in [-0.2, 0) is 40.5 Å². The van der Waals surface area contributed by atoms with Gasteiger partial charge in [-0.05, 0) is 95.7 Å². The first-order valence-electron chi connectivity index (χ1n) is 15.2. The van der Waals surface area contributed by atoms with Crippen molar-refractivity contribution >= 4 is 79.4 Å². The lowest BCUT2D eigenvalue weighted by Gasteiger charge is -2.12. The zero-order valence-electron chi connectivity index (χ0n) is 27.5. The number of aromatic hydroxyl groups is 2. The second-order valence-corrected chi connectivity index (χ2v) is 17.7. The van der Waals surface area contributed by atoms with E-state index >= 15 is 0 Å². The van der Waals surface area contributed by atoms with Gasteiger partial charge in [0.2, 0.25) is 0 Å². The Morgan fingerprint density at radius 3 is 1.05 bits per heavy atom. The fourth-order valence-electron chi connectivity index (χ4n) is 5.83. The van der Waals surface area contributed by atoms with Crippen molar-refractivity contribution in [3.05, 3.63) is 130 Å². The van der Waals surface area contributed by atoms with E-state index in [4.69, 9.17) is 0 Å². The molecule has 0 atom stereocenters. The first-order chi connectivity index (χ1) is 25.8. The molecule has 0 spiro atoms. The summed E-state index contributed by atoms with van der Waals surface area (Å²) in [4.78, 5) is 38.1. The highest BCUT2D eigenvalue weighted by molar-refractivity contribution is 7.86. The van der Waals surface area contributed by atoms with Gasteiger partial charge >= 0.3 is 0 Å². The molecule has 21 heteroatoms. The third-order valence-corrected chi connectivity index (χ3v) is 11.9. The predicted molar refractivity (Wildman–Crippen MR) is 194 cm³/mol. The van der Waals surface area contributed by atoms with E-state index in [0.29, 0.717) is 0 Å². The van der Waals surface area contributed by atoms with E-state index in [2.05, 4.69) is 0 Å². The van der Waals surface area contributed by atoms with E-state index in [1.165, 1.54) is 0 Å². The number of ketones is 3. The minimum atomic E-state index is -5.05. The maximum absolute atomic E-state index is 13.7. The molecule has 6 rings (SSSR count).